The van der Waals surface area contributed by atoms with Crippen molar-refractivity contribution in [1.82, 2.24) is 24.4 Å². The van der Waals surface area contributed by atoms with Crippen molar-refractivity contribution in [1.29, 1.82) is 0 Å². The summed E-state index contributed by atoms with van der Waals surface area (Å²) in [5.74, 6) is 0. The van der Waals surface area contributed by atoms with Crippen LogP contribution >= 0.6 is 0 Å². The van der Waals surface area contributed by atoms with E-state index in [4.69, 9.17) is 0 Å². The fraction of sp³-hybridized carbons (Fsp3) is 0.500. The summed E-state index contributed by atoms with van der Waals surface area (Å²) in [5, 5.41) is 11.3. The van der Waals surface area contributed by atoms with Crippen LogP contribution in [0.5, 0.6) is 0 Å². The van der Waals surface area contributed by atoms with Crippen LogP contribution < -0.4 is 0 Å². The number of aromatic nitrogens is 4. The summed E-state index contributed by atoms with van der Waals surface area (Å²) in [5.41, 5.74) is 4.84. The van der Waals surface area contributed by atoms with Crippen LogP contribution in [0, 0.1) is 6.92 Å². The molecule has 2 atom stereocenters. The first-order valence-corrected chi connectivity index (χ1v) is 10.3. The molecule has 2 aliphatic rings. The molecule has 0 spiro atoms. The largest absolute Gasteiger partial charge is 0.384 e. The fourth-order valence-electron chi connectivity index (χ4n) is 4.92. The van der Waals surface area contributed by atoms with Gasteiger partial charge in [0.15, 0.2) is 5.65 Å². The number of aryl methyl sites for hydroxylation is 1. The van der Waals surface area contributed by atoms with E-state index in [1.54, 1.807) is 6.20 Å². The molecule has 5 rings (SSSR count). The van der Waals surface area contributed by atoms with Crippen LogP contribution in [0.3, 0.4) is 0 Å². The molecule has 1 N–H and O–H groups in total. The van der Waals surface area contributed by atoms with Crippen LogP contribution in [-0.2, 0) is 25.2 Å². The molecule has 0 radical (unpaired) electrons. The highest BCUT2D eigenvalue weighted by molar-refractivity contribution is 5.79. The van der Waals surface area contributed by atoms with Gasteiger partial charge in [0.2, 0.25) is 0 Å². The second kappa shape index (κ2) is 6.85. The monoisotopic (exact) mass is 395 g/mol. The summed E-state index contributed by atoms with van der Waals surface area (Å²) in [6, 6.07) is 4.15. The lowest BCUT2D eigenvalue weighted by Crippen LogP contribution is -2.33. The summed E-state index contributed by atoms with van der Waals surface area (Å²) >= 11 is 0. The molecule has 0 aliphatic carbocycles. The summed E-state index contributed by atoms with van der Waals surface area (Å²) in [4.78, 5) is 16.0. The van der Waals surface area contributed by atoms with Crippen molar-refractivity contribution >= 4 is 11.2 Å². The maximum absolute atomic E-state index is 13.3. The first-order chi connectivity index (χ1) is 14.0. The molecule has 1 saturated heterocycles. The average Bonchev–Trinajstić information content (AvgIpc) is 3.30. The van der Waals surface area contributed by atoms with E-state index in [9.17, 15) is 9.50 Å². The van der Waals surface area contributed by atoms with E-state index in [-0.39, 0.29) is 0 Å². The number of pyridine rings is 1. The molecular formula is C22H26FN5O. The van der Waals surface area contributed by atoms with E-state index in [0.29, 0.717) is 18.3 Å². The number of fused-ring (bicyclic) bond motifs is 5. The van der Waals surface area contributed by atoms with Crippen molar-refractivity contribution < 1.29 is 9.50 Å². The lowest BCUT2D eigenvalue weighted by Gasteiger charge is -2.32. The second-order valence-corrected chi connectivity index (χ2v) is 8.52. The van der Waals surface area contributed by atoms with Gasteiger partial charge in [-0.3, -0.25) is 9.88 Å². The maximum Gasteiger partial charge on any atom is 0.159 e. The third kappa shape index (κ3) is 3.04. The van der Waals surface area contributed by atoms with Crippen molar-refractivity contribution in [3.05, 3.63) is 52.7 Å². The van der Waals surface area contributed by atoms with Gasteiger partial charge in [-0.15, -0.1) is 0 Å². The SMILES string of the molecule is Cc1ccc(C(C)(O)Cn2c3c(c4nc(CF)cnc42)C2CCCN2CC3)cn1. The first kappa shape index (κ1) is 18.6. The third-order valence-corrected chi connectivity index (χ3v) is 6.42. The van der Waals surface area contributed by atoms with Crippen LogP contribution in [0.2, 0.25) is 0 Å². The van der Waals surface area contributed by atoms with Crippen molar-refractivity contribution in [3.63, 3.8) is 0 Å². The molecular weight excluding hydrogens is 369 g/mol. The first-order valence-electron chi connectivity index (χ1n) is 10.3. The summed E-state index contributed by atoms with van der Waals surface area (Å²) in [7, 11) is 0. The average molecular weight is 395 g/mol. The fourth-order valence-corrected chi connectivity index (χ4v) is 4.92. The highest BCUT2D eigenvalue weighted by Crippen LogP contribution is 2.42. The minimum absolute atomic E-state index is 0.317. The Morgan fingerprint density at radius 2 is 2.10 bits per heavy atom. The number of alkyl halides is 1. The Labute approximate surface area is 169 Å². The van der Waals surface area contributed by atoms with E-state index < -0.39 is 12.3 Å². The number of aliphatic hydroxyl groups is 1. The standard InChI is InChI=1S/C22H26FN5O/c1-14-5-6-15(11-24-14)22(2,29)13-28-18-7-9-27-8-3-4-17(27)19(18)20-21(28)25-12-16(10-23)26-20/h5-6,11-12,17,29H,3-4,7-10,13H2,1-2H3. The van der Waals surface area contributed by atoms with Crippen molar-refractivity contribution in [2.24, 2.45) is 0 Å². The van der Waals surface area contributed by atoms with Gasteiger partial charge in [0, 0.05) is 47.7 Å². The van der Waals surface area contributed by atoms with Gasteiger partial charge in [-0.2, -0.15) is 0 Å². The Kier molecular flexibility index (Phi) is 4.40. The Bertz CT molecular complexity index is 1060. The summed E-state index contributed by atoms with van der Waals surface area (Å²) < 4.78 is 15.4. The van der Waals surface area contributed by atoms with Crippen LogP contribution in [-0.4, -0.2) is 42.6 Å². The molecule has 2 unspecified atom stereocenters. The molecule has 0 amide bonds. The van der Waals surface area contributed by atoms with Gasteiger partial charge < -0.3 is 9.67 Å². The molecule has 7 heteroatoms. The zero-order chi connectivity index (χ0) is 20.2. The van der Waals surface area contributed by atoms with Gasteiger partial charge in [-0.1, -0.05) is 6.07 Å². The lowest BCUT2D eigenvalue weighted by atomic mass is 9.96. The number of hydrogen-bond acceptors (Lipinski definition) is 5. The minimum Gasteiger partial charge on any atom is -0.384 e. The van der Waals surface area contributed by atoms with E-state index >= 15 is 0 Å². The number of halogens is 1. The van der Waals surface area contributed by atoms with Crippen LogP contribution in [0.1, 0.15) is 54.0 Å². The number of nitrogens with zero attached hydrogens (tertiary/aromatic N) is 5. The Balaban J connectivity index is 1.65. The van der Waals surface area contributed by atoms with E-state index in [1.165, 1.54) is 23.9 Å². The van der Waals surface area contributed by atoms with Gasteiger partial charge >= 0.3 is 0 Å². The van der Waals surface area contributed by atoms with E-state index in [1.807, 2.05) is 26.0 Å². The zero-order valence-corrected chi connectivity index (χ0v) is 16.9. The maximum atomic E-state index is 13.3. The molecule has 29 heavy (non-hydrogen) atoms. The van der Waals surface area contributed by atoms with Crippen molar-refractivity contribution in [3.8, 4) is 0 Å². The predicted molar refractivity (Wildman–Crippen MR) is 108 cm³/mol. The zero-order valence-electron chi connectivity index (χ0n) is 16.9. The number of hydrogen-bond donors (Lipinski definition) is 1. The van der Waals surface area contributed by atoms with E-state index in [2.05, 4.69) is 24.4 Å². The van der Waals surface area contributed by atoms with Crippen LogP contribution in [0.15, 0.2) is 24.5 Å². The molecule has 2 aliphatic heterocycles. The van der Waals surface area contributed by atoms with Crippen molar-refractivity contribution in [2.75, 3.05) is 13.1 Å². The Morgan fingerprint density at radius 3 is 2.86 bits per heavy atom. The second-order valence-electron chi connectivity index (χ2n) is 8.52. The van der Waals surface area contributed by atoms with Crippen molar-refractivity contribution in [2.45, 2.75) is 58.0 Å². The summed E-state index contributed by atoms with van der Waals surface area (Å²) in [6.07, 6.45) is 6.39. The molecule has 3 aromatic heterocycles. The Hall–Kier alpha value is -2.38. The van der Waals surface area contributed by atoms with Crippen LogP contribution in [0.4, 0.5) is 4.39 Å². The van der Waals surface area contributed by atoms with E-state index in [0.717, 1.165) is 48.4 Å². The lowest BCUT2D eigenvalue weighted by molar-refractivity contribution is 0.0378. The van der Waals surface area contributed by atoms with Gasteiger partial charge in [0.25, 0.3) is 0 Å². The molecule has 5 heterocycles. The molecule has 0 bridgehead atoms. The quantitative estimate of drug-likeness (QED) is 0.735. The minimum atomic E-state index is -1.10. The summed E-state index contributed by atoms with van der Waals surface area (Å²) in [6.45, 7) is 5.58. The topological polar surface area (TPSA) is 67.1 Å². The van der Waals surface area contributed by atoms with Gasteiger partial charge in [-0.05, 0) is 39.3 Å². The molecule has 0 saturated carbocycles. The predicted octanol–water partition coefficient (Wildman–Crippen LogP) is 3.20. The highest BCUT2D eigenvalue weighted by atomic mass is 19.1. The van der Waals surface area contributed by atoms with Gasteiger partial charge in [-0.25, -0.2) is 14.4 Å². The molecule has 3 aromatic rings. The number of rotatable bonds is 4. The molecule has 0 aromatic carbocycles. The normalized spacial score (nSPS) is 21.2. The molecule has 152 valence electrons. The Morgan fingerprint density at radius 1 is 1.24 bits per heavy atom. The molecule has 1 fully saturated rings. The van der Waals surface area contributed by atoms with Gasteiger partial charge in [0.05, 0.1) is 18.4 Å². The third-order valence-electron chi connectivity index (χ3n) is 6.42. The van der Waals surface area contributed by atoms with Gasteiger partial charge in [0.1, 0.15) is 17.8 Å². The van der Waals surface area contributed by atoms with Crippen LogP contribution in [0.25, 0.3) is 11.2 Å². The molecule has 6 nitrogen and oxygen atoms in total. The smallest absolute Gasteiger partial charge is 0.159 e. The highest BCUT2D eigenvalue weighted by Gasteiger charge is 2.38.